The molecule has 0 saturated carbocycles. The third kappa shape index (κ3) is 3.42. The first-order valence-corrected chi connectivity index (χ1v) is 6.19. The summed E-state index contributed by atoms with van der Waals surface area (Å²) in [6.45, 7) is 1.99. The number of thiocarbonyl (C=S) groups is 1. The van der Waals surface area contributed by atoms with Crippen LogP contribution in [0.25, 0.3) is 0 Å². The van der Waals surface area contributed by atoms with Crippen molar-refractivity contribution in [2.75, 3.05) is 10.6 Å². The van der Waals surface area contributed by atoms with E-state index in [9.17, 15) is 0 Å². The van der Waals surface area contributed by atoms with Crippen LogP contribution in [0.5, 0.6) is 0 Å². The number of hydrogen-bond acceptors (Lipinski definition) is 2. The lowest BCUT2D eigenvalue weighted by Gasteiger charge is -2.12. The van der Waals surface area contributed by atoms with Crippen LogP contribution in [-0.2, 0) is 0 Å². The number of pyridine rings is 1. The van der Waals surface area contributed by atoms with Crippen LogP contribution in [0.15, 0.2) is 42.6 Å². The van der Waals surface area contributed by atoms with Crippen LogP contribution >= 0.6 is 23.8 Å². The van der Waals surface area contributed by atoms with Gasteiger partial charge >= 0.3 is 0 Å². The second-order valence-corrected chi connectivity index (χ2v) is 4.60. The molecule has 0 aliphatic carbocycles. The van der Waals surface area contributed by atoms with Crippen molar-refractivity contribution >= 4 is 40.4 Å². The van der Waals surface area contributed by atoms with Gasteiger partial charge in [-0.05, 0) is 49.0 Å². The van der Waals surface area contributed by atoms with E-state index in [-0.39, 0.29) is 0 Å². The Hall–Kier alpha value is -1.65. The second kappa shape index (κ2) is 5.80. The normalized spacial score (nSPS) is 9.89. The topological polar surface area (TPSA) is 37.0 Å². The van der Waals surface area contributed by atoms with E-state index >= 15 is 0 Å². The van der Waals surface area contributed by atoms with Crippen molar-refractivity contribution in [3.63, 3.8) is 0 Å². The lowest BCUT2D eigenvalue weighted by molar-refractivity contribution is 1.32. The van der Waals surface area contributed by atoms with E-state index in [1.54, 1.807) is 6.20 Å². The van der Waals surface area contributed by atoms with Gasteiger partial charge in [-0.15, -0.1) is 0 Å². The number of aryl methyl sites for hydroxylation is 1. The van der Waals surface area contributed by atoms with Gasteiger partial charge in [0.05, 0.1) is 0 Å². The van der Waals surface area contributed by atoms with Gasteiger partial charge in [0.1, 0.15) is 5.82 Å². The van der Waals surface area contributed by atoms with Crippen LogP contribution < -0.4 is 10.6 Å². The first kappa shape index (κ1) is 12.8. The highest BCUT2D eigenvalue weighted by atomic mass is 35.5. The van der Waals surface area contributed by atoms with Gasteiger partial charge in [-0.2, -0.15) is 0 Å². The van der Waals surface area contributed by atoms with Crippen LogP contribution in [0.4, 0.5) is 11.5 Å². The van der Waals surface area contributed by atoms with E-state index in [2.05, 4.69) is 15.6 Å². The van der Waals surface area contributed by atoms with Crippen molar-refractivity contribution < 1.29 is 0 Å². The first-order chi connectivity index (χ1) is 8.65. The molecule has 5 heteroatoms. The highest BCUT2D eigenvalue weighted by Gasteiger charge is 2.02. The molecule has 1 aromatic heterocycles. The summed E-state index contributed by atoms with van der Waals surface area (Å²) < 4.78 is 0. The van der Waals surface area contributed by atoms with Crippen molar-refractivity contribution in [3.8, 4) is 0 Å². The molecule has 2 N–H and O–H groups in total. The summed E-state index contributed by atoms with van der Waals surface area (Å²) in [5.74, 6) is 0.703. The minimum Gasteiger partial charge on any atom is -0.332 e. The van der Waals surface area contributed by atoms with Crippen LogP contribution in [0, 0.1) is 6.92 Å². The molecule has 0 unspecified atom stereocenters. The number of halogens is 1. The van der Waals surface area contributed by atoms with Gasteiger partial charge < -0.3 is 10.6 Å². The number of nitrogens with one attached hydrogen (secondary N) is 2. The monoisotopic (exact) mass is 277 g/mol. The van der Waals surface area contributed by atoms with Gasteiger partial charge in [-0.25, -0.2) is 4.98 Å². The maximum absolute atomic E-state index is 5.94. The Kier molecular flexibility index (Phi) is 4.12. The van der Waals surface area contributed by atoms with Crippen molar-refractivity contribution in [1.29, 1.82) is 0 Å². The van der Waals surface area contributed by atoms with E-state index in [1.807, 2.05) is 43.3 Å². The molecule has 0 spiro atoms. The lowest BCUT2D eigenvalue weighted by atomic mass is 10.2. The van der Waals surface area contributed by atoms with Crippen molar-refractivity contribution in [1.82, 2.24) is 4.98 Å². The number of benzene rings is 1. The van der Waals surface area contributed by atoms with Gasteiger partial charge in [0, 0.05) is 16.9 Å². The molecule has 2 aromatic rings. The minimum absolute atomic E-state index is 0.485. The molecule has 0 atom stereocenters. The SMILES string of the molecule is Cc1ccc(Cl)cc1NC(=S)Nc1ccccn1. The lowest BCUT2D eigenvalue weighted by Crippen LogP contribution is -2.20. The Morgan fingerprint density at radius 2 is 2.06 bits per heavy atom. The van der Waals surface area contributed by atoms with Crippen molar-refractivity contribution in [2.24, 2.45) is 0 Å². The molecule has 1 heterocycles. The molecule has 0 bridgehead atoms. The van der Waals surface area contributed by atoms with E-state index < -0.39 is 0 Å². The fraction of sp³-hybridized carbons (Fsp3) is 0.0769. The molecule has 0 amide bonds. The first-order valence-electron chi connectivity index (χ1n) is 5.40. The Bertz CT molecular complexity index is 557. The average molecular weight is 278 g/mol. The fourth-order valence-corrected chi connectivity index (χ4v) is 1.82. The zero-order valence-corrected chi connectivity index (χ0v) is 11.3. The number of rotatable bonds is 2. The molecule has 0 radical (unpaired) electrons. The summed E-state index contributed by atoms with van der Waals surface area (Å²) in [6, 6.07) is 11.2. The largest absolute Gasteiger partial charge is 0.332 e. The number of hydrogen-bond donors (Lipinski definition) is 2. The van der Waals surface area contributed by atoms with Gasteiger partial charge in [-0.3, -0.25) is 0 Å². The molecule has 1 aromatic carbocycles. The van der Waals surface area contributed by atoms with E-state index in [0.717, 1.165) is 11.3 Å². The van der Waals surface area contributed by atoms with Crippen LogP contribution in [0.1, 0.15) is 5.56 Å². The van der Waals surface area contributed by atoms with Crippen LogP contribution in [0.3, 0.4) is 0 Å². The Morgan fingerprint density at radius 3 is 2.78 bits per heavy atom. The van der Waals surface area contributed by atoms with Crippen molar-refractivity contribution in [3.05, 3.63) is 53.2 Å². The summed E-state index contributed by atoms with van der Waals surface area (Å²) in [6.07, 6.45) is 1.70. The van der Waals surface area contributed by atoms with Gasteiger partial charge in [-0.1, -0.05) is 23.7 Å². The van der Waals surface area contributed by atoms with Crippen LogP contribution in [-0.4, -0.2) is 10.1 Å². The smallest absolute Gasteiger partial charge is 0.176 e. The zero-order chi connectivity index (χ0) is 13.0. The molecule has 2 rings (SSSR count). The molecular weight excluding hydrogens is 266 g/mol. The number of aromatic nitrogens is 1. The molecule has 92 valence electrons. The maximum atomic E-state index is 5.94. The van der Waals surface area contributed by atoms with Crippen LogP contribution in [0.2, 0.25) is 5.02 Å². The predicted octanol–water partition coefficient (Wildman–Crippen LogP) is 3.85. The quantitative estimate of drug-likeness (QED) is 0.818. The summed E-state index contributed by atoms with van der Waals surface area (Å²) in [5.41, 5.74) is 1.96. The average Bonchev–Trinajstić information content (AvgIpc) is 2.35. The maximum Gasteiger partial charge on any atom is 0.176 e. The minimum atomic E-state index is 0.485. The van der Waals surface area contributed by atoms with E-state index in [0.29, 0.717) is 16.0 Å². The van der Waals surface area contributed by atoms with Gasteiger partial charge in [0.15, 0.2) is 5.11 Å². The molecule has 3 nitrogen and oxygen atoms in total. The Labute approximate surface area is 116 Å². The molecule has 0 aliphatic rings. The van der Waals surface area contributed by atoms with Gasteiger partial charge in [0.2, 0.25) is 0 Å². The third-order valence-electron chi connectivity index (χ3n) is 2.35. The highest BCUT2D eigenvalue weighted by Crippen LogP contribution is 2.20. The molecule has 0 saturated heterocycles. The van der Waals surface area contributed by atoms with Gasteiger partial charge in [0.25, 0.3) is 0 Å². The Morgan fingerprint density at radius 1 is 1.22 bits per heavy atom. The molecule has 0 aliphatic heterocycles. The molecule has 0 fully saturated rings. The number of anilines is 2. The summed E-state index contributed by atoms with van der Waals surface area (Å²) in [4.78, 5) is 4.14. The van der Waals surface area contributed by atoms with E-state index in [1.165, 1.54) is 0 Å². The van der Waals surface area contributed by atoms with E-state index in [4.69, 9.17) is 23.8 Å². The summed E-state index contributed by atoms with van der Waals surface area (Å²) >= 11 is 11.2. The number of nitrogens with zero attached hydrogens (tertiary/aromatic N) is 1. The second-order valence-electron chi connectivity index (χ2n) is 3.75. The third-order valence-corrected chi connectivity index (χ3v) is 2.79. The summed E-state index contributed by atoms with van der Waals surface area (Å²) in [5, 5.41) is 7.25. The fourth-order valence-electron chi connectivity index (χ4n) is 1.44. The predicted molar refractivity (Wildman–Crippen MR) is 80.3 cm³/mol. The van der Waals surface area contributed by atoms with Crippen molar-refractivity contribution in [2.45, 2.75) is 6.92 Å². The molecular formula is C13H12ClN3S. The molecule has 18 heavy (non-hydrogen) atoms. The standard InChI is InChI=1S/C13H12ClN3S/c1-9-5-6-10(14)8-11(9)16-13(18)17-12-4-2-3-7-15-12/h2-8H,1H3,(H2,15,16,17,18). The zero-order valence-electron chi connectivity index (χ0n) is 9.77. The Balaban J connectivity index is 2.05. The summed E-state index contributed by atoms with van der Waals surface area (Å²) in [7, 11) is 0. The highest BCUT2D eigenvalue weighted by molar-refractivity contribution is 7.80.